The molecule has 6 heteroatoms. The van der Waals surface area contributed by atoms with E-state index < -0.39 is 17.5 Å². The fourth-order valence-electron chi connectivity index (χ4n) is 2.86. The molecule has 3 rings (SSSR count). The number of benzene rings is 1. The van der Waals surface area contributed by atoms with Gasteiger partial charge < -0.3 is 9.88 Å². The van der Waals surface area contributed by atoms with Crippen molar-refractivity contribution in [2.45, 2.75) is 25.2 Å². The van der Waals surface area contributed by atoms with Gasteiger partial charge in [-0.1, -0.05) is 6.92 Å². The molecule has 3 nitrogen and oxygen atoms in total. The summed E-state index contributed by atoms with van der Waals surface area (Å²) in [5.41, 5.74) is 1.01. The van der Waals surface area contributed by atoms with Gasteiger partial charge in [-0.2, -0.15) is 0 Å². The molecule has 0 radical (unpaired) electrons. The Morgan fingerprint density at radius 1 is 1.14 bits per heavy atom. The molecule has 1 N–H and O–H groups in total. The molecule has 0 bridgehead atoms. The Balaban J connectivity index is 2.07. The molecule has 1 fully saturated rings. The SMILES string of the molecule is CC1(c2cncn2-c2cc(F)c(F)c(F)c2)CCNCC1. The highest BCUT2D eigenvalue weighted by atomic mass is 19.2. The maximum Gasteiger partial charge on any atom is 0.194 e. The largest absolute Gasteiger partial charge is 0.317 e. The second-order valence-electron chi connectivity index (χ2n) is 5.68. The number of hydrogen-bond acceptors (Lipinski definition) is 2. The number of rotatable bonds is 2. The second kappa shape index (κ2) is 5.18. The van der Waals surface area contributed by atoms with Crippen LogP contribution in [0.25, 0.3) is 5.69 Å². The molecule has 21 heavy (non-hydrogen) atoms. The number of nitrogens with zero attached hydrogens (tertiary/aromatic N) is 2. The molecule has 1 saturated heterocycles. The van der Waals surface area contributed by atoms with E-state index in [1.807, 2.05) is 0 Å². The zero-order chi connectivity index (χ0) is 15.0. The first-order valence-electron chi connectivity index (χ1n) is 6.90. The molecular formula is C15H16F3N3. The topological polar surface area (TPSA) is 29.9 Å². The van der Waals surface area contributed by atoms with Gasteiger partial charge in [0.15, 0.2) is 17.5 Å². The van der Waals surface area contributed by atoms with E-state index in [1.54, 1.807) is 10.8 Å². The first-order valence-corrected chi connectivity index (χ1v) is 6.90. The molecule has 0 atom stereocenters. The number of hydrogen-bond donors (Lipinski definition) is 1. The fraction of sp³-hybridized carbons (Fsp3) is 0.400. The van der Waals surface area contributed by atoms with Crippen molar-refractivity contribution in [1.29, 1.82) is 0 Å². The van der Waals surface area contributed by atoms with Crippen molar-refractivity contribution in [2.24, 2.45) is 0 Å². The monoisotopic (exact) mass is 295 g/mol. The van der Waals surface area contributed by atoms with Crippen LogP contribution in [-0.2, 0) is 5.41 Å². The lowest BCUT2D eigenvalue weighted by Gasteiger charge is -2.34. The lowest BCUT2D eigenvalue weighted by molar-refractivity contribution is 0.323. The number of nitrogens with one attached hydrogen (secondary N) is 1. The van der Waals surface area contributed by atoms with Crippen molar-refractivity contribution in [3.8, 4) is 5.69 Å². The summed E-state index contributed by atoms with van der Waals surface area (Å²) in [6.07, 6.45) is 5.04. The van der Waals surface area contributed by atoms with Gasteiger partial charge in [-0.15, -0.1) is 0 Å². The lowest BCUT2D eigenvalue weighted by atomic mass is 9.78. The van der Waals surface area contributed by atoms with Crippen LogP contribution in [0.2, 0.25) is 0 Å². The summed E-state index contributed by atoms with van der Waals surface area (Å²) in [5.74, 6) is -3.84. The zero-order valence-corrected chi connectivity index (χ0v) is 11.7. The number of aromatic nitrogens is 2. The summed E-state index contributed by atoms with van der Waals surface area (Å²) in [5, 5.41) is 3.29. The Bertz CT molecular complexity index is 637. The molecule has 1 aliphatic heterocycles. The van der Waals surface area contributed by atoms with Crippen LogP contribution in [0.15, 0.2) is 24.7 Å². The highest BCUT2D eigenvalue weighted by molar-refractivity contribution is 5.37. The van der Waals surface area contributed by atoms with E-state index in [-0.39, 0.29) is 11.1 Å². The van der Waals surface area contributed by atoms with Gasteiger partial charge in [0.1, 0.15) is 0 Å². The molecule has 1 aliphatic rings. The van der Waals surface area contributed by atoms with E-state index in [1.165, 1.54) is 6.33 Å². The van der Waals surface area contributed by atoms with Gasteiger partial charge in [0.05, 0.1) is 12.0 Å². The summed E-state index contributed by atoms with van der Waals surface area (Å²) in [4.78, 5) is 4.10. The van der Waals surface area contributed by atoms with E-state index >= 15 is 0 Å². The van der Waals surface area contributed by atoms with Crippen molar-refractivity contribution in [3.05, 3.63) is 47.8 Å². The van der Waals surface area contributed by atoms with Crippen molar-refractivity contribution < 1.29 is 13.2 Å². The third-order valence-electron chi connectivity index (χ3n) is 4.21. The van der Waals surface area contributed by atoms with Gasteiger partial charge in [-0.3, -0.25) is 0 Å². The van der Waals surface area contributed by atoms with Gasteiger partial charge in [0, 0.05) is 29.4 Å². The molecule has 1 aromatic heterocycles. The molecule has 2 heterocycles. The van der Waals surface area contributed by atoms with Gasteiger partial charge in [-0.05, 0) is 25.9 Å². The Hall–Kier alpha value is -1.82. The van der Waals surface area contributed by atoms with Crippen LogP contribution >= 0.6 is 0 Å². The van der Waals surface area contributed by atoms with Crippen molar-refractivity contribution >= 4 is 0 Å². The summed E-state index contributed by atoms with van der Waals surface area (Å²) >= 11 is 0. The van der Waals surface area contributed by atoms with Crippen molar-refractivity contribution in [3.63, 3.8) is 0 Å². The standard InChI is InChI=1S/C15H16F3N3/c1-15(2-4-19-5-3-15)13-8-20-9-21(13)10-6-11(16)14(18)12(17)7-10/h6-9,19H,2-5H2,1H3. The minimum absolute atomic E-state index is 0.122. The maximum atomic E-state index is 13.4. The van der Waals surface area contributed by atoms with Crippen LogP contribution in [0.3, 0.4) is 0 Å². The minimum Gasteiger partial charge on any atom is -0.317 e. The molecule has 0 spiro atoms. The third kappa shape index (κ3) is 2.44. The molecule has 2 aromatic rings. The smallest absolute Gasteiger partial charge is 0.194 e. The van der Waals surface area contributed by atoms with E-state index in [0.717, 1.165) is 43.8 Å². The van der Waals surface area contributed by atoms with Crippen LogP contribution in [0.5, 0.6) is 0 Å². The van der Waals surface area contributed by atoms with Crippen LogP contribution in [0.1, 0.15) is 25.5 Å². The van der Waals surface area contributed by atoms with Gasteiger partial charge in [0.2, 0.25) is 0 Å². The summed E-state index contributed by atoms with van der Waals surface area (Å²) in [6.45, 7) is 3.87. The van der Waals surface area contributed by atoms with Crippen LogP contribution < -0.4 is 5.32 Å². The van der Waals surface area contributed by atoms with Crippen molar-refractivity contribution in [1.82, 2.24) is 14.9 Å². The number of piperidine rings is 1. The van der Waals surface area contributed by atoms with Crippen LogP contribution in [0, 0.1) is 17.5 Å². The van der Waals surface area contributed by atoms with Crippen LogP contribution in [0.4, 0.5) is 13.2 Å². The fourth-order valence-corrected chi connectivity index (χ4v) is 2.86. The average Bonchev–Trinajstić information content (AvgIpc) is 2.95. The molecule has 112 valence electrons. The number of imidazole rings is 1. The zero-order valence-electron chi connectivity index (χ0n) is 11.7. The highest BCUT2D eigenvalue weighted by Gasteiger charge is 2.32. The first-order chi connectivity index (χ1) is 10.0. The summed E-state index contributed by atoms with van der Waals surface area (Å²) < 4.78 is 41.6. The van der Waals surface area contributed by atoms with E-state index in [4.69, 9.17) is 0 Å². The number of halogens is 3. The van der Waals surface area contributed by atoms with Crippen molar-refractivity contribution in [2.75, 3.05) is 13.1 Å². The van der Waals surface area contributed by atoms with Gasteiger partial charge in [-0.25, -0.2) is 18.2 Å². The molecule has 0 aliphatic carbocycles. The lowest BCUT2D eigenvalue weighted by Crippen LogP contribution is -2.38. The minimum atomic E-state index is -1.45. The molecule has 1 aromatic carbocycles. The summed E-state index contributed by atoms with van der Waals surface area (Å²) in [7, 11) is 0. The van der Waals surface area contributed by atoms with E-state index in [9.17, 15) is 13.2 Å². The van der Waals surface area contributed by atoms with Crippen LogP contribution in [-0.4, -0.2) is 22.6 Å². The predicted octanol–water partition coefficient (Wildman–Crippen LogP) is 2.93. The average molecular weight is 295 g/mol. The Morgan fingerprint density at radius 3 is 2.38 bits per heavy atom. The van der Waals surface area contributed by atoms with Gasteiger partial charge >= 0.3 is 0 Å². The normalized spacial score (nSPS) is 17.9. The Kier molecular flexibility index (Phi) is 3.49. The predicted molar refractivity (Wildman–Crippen MR) is 72.9 cm³/mol. The molecule has 0 amide bonds. The highest BCUT2D eigenvalue weighted by Crippen LogP contribution is 2.34. The maximum absolute atomic E-state index is 13.4. The van der Waals surface area contributed by atoms with E-state index in [2.05, 4.69) is 17.2 Å². The third-order valence-corrected chi connectivity index (χ3v) is 4.21. The Labute approximate surface area is 120 Å². The molecule has 0 saturated carbocycles. The molecule has 0 unspecified atom stereocenters. The molecular weight excluding hydrogens is 279 g/mol. The Morgan fingerprint density at radius 2 is 1.76 bits per heavy atom. The van der Waals surface area contributed by atoms with Gasteiger partial charge in [0.25, 0.3) is 0 Å². The first kappa shape index (κ1) is 14.1. The second-order valence-corrected chi connectivity index (χ2v) is 5.68. The quantitative estimate of drug-likeness (QED) is 0.863. The van der Waals surface area contributed by atoms with E-state index in [0.29, 0.717) is 0 Å². The summed E-state index contributed by atoms with van der Waals surface area (Å²) in [6, 6.07) is 1.99.